The number of nitrogens with one attached hydrogen (secondary N) is 1. The Labute approximate surface area is 121 Å². The molecule has 1 heteroatoms. The van der Waals surface area contributed by atoms with Crippen LogP contribution in [0.15, 0.2) is 0 Å². The highest BCUT2D eigenvalue weighted by atomic mass is 14.8. The molecule has 1 nitrogen and oxygen atoms in total. The van der Waals surface area contributed by atoms with Gasteiger partial charge in [-0.05, 0) is 62.4 Å². The summed E-state index contributed by atoms with van der Waals surface area (Å²) >= 11 is 0. The molecule has 1 saturated carbocycles. The third-order valence-electron chi connectivity index (χ3n) is 5.43. The van der Waals surface area contributed by atoms with Gasteiger partial charge in [-0.1, -0.05) is 53.4 Å². The minimum Gasteiger partial charge on any atom is -0.317 e. The molecule has 0 heterocycles. The topological polar surface area (TPSA) is 12.0 Å². The summed E-state index contributed by atoms with van der Waals surface area (Å²) in [5.74, 6) is 4.04. The first-order valence-corrected chi connectivity index (χ1v) is 8.93. The van der Waals surface area contributed by atoms with Gasteiger partial charge in [-0.25, -0.2) is 0 Å². The predicted octanol–water partition coefficient (Wildman–Crippen LogP) is 5.25. The van der Waals surface area contributed by atoms with Crippen LogP contribution in [0.4, 0.5) is 0 Å². The smallest absolute Gasteiger partial charge is 0.00464 e. The van der Waals surface area contributed by atoms with Gasteiger partial charge in [0.05, 0.1) is 0 Å². The van der Waals surface area contributed by atoms with E-state index in [0.717, 1.165) is 30.2 Å². The SMILES string of the molecule is CCCCC(CCNCC)CC1CCC1C(C)CC. The van der Waals surface area contributed by atoms with E-state index in [1.165, 1.54) is 57.9 Å². The number of unbranched alkanes of at least 4 members (excludes halogenated alkanes) is 1. The average molecular weight is 268 g/mol. The van der Waals surface area contributed by atoms with Crippen LogP contribution in [-0.4, -0.2) is 13.1 Å². The summed E-state index contributed by atoms with van der Waals surface area (Å²) in [6, 6.07) is 0. The van der Waals surface area contributed by atoms with Crippen molar-refractivity contribution in [2.75, 3.05) is 13.1 Å². The van der Waals surface area contributed by atoms with Crippen molar-refractivity contribution in [2.45, 2.75) is 79.1 Å². The Morgan fingerprint density at radius 3 is 2.42 bits per heavy atom. The molecule has 0 aromatic rings. The average Bonchev–Trinajstić information content (AvgIpc) is 2.39. The third kappa shape index (κ3) is 5.85. The first-order chi connectivity index (χ1) is 9.22. The van der Waals surface area contributed by atoms with Crippen LogP contribution in [0.3, 0.4) is 0 Å². The van der Waals surface area contributed by atoms with E-state index < -0.39 is 0 Å². The number of hydrogen-bond acceptors (Lipinski definition) is 1. The van der Waals surface area contributed by atoms with Gasteiger partial charge in [-0.15, -0.1) is 0 Å². The summed E-state index contributed by atoms with van der Waals surface area (Å²) in [5.41, 5.74) is 0. The highest BCUT2D eigenvalue weighted by molar-refractivity contribution is 4.85. The lowest BCUT2D eigenvalue weighted by Gasteiger charge is -2.42. The fourth-order valence-corrected chi connectivity index (χ4v) is 3.72. The van der Waals surface area contributed by atoms with Crippen molar-refractivity contribution in [3.05, 3.63) is 0 Å². The molecule has 1 aliphatic rings. The van der Waals surface area contributed by atoms with Crippen LogP contribution in [0, 0.1) is 23.7 Å². The van der Waals surface area contributed by atoms with E-state index in [4.69, 9.17) is 0 Å². The molecule has 19 heavy (non-hydrogen) atoms. The van der Waals surface area contributed by atoms with Gasteiger partial charge in [-0.3, -0.25) is 0 Å². The second-order valence-corrected chi connectivity index (χ2v) is 6.77. The Morgan fingerprint density at radius 2 is 1.89 bits per heavy atom. The van der Waals surface area contributed by atoms with E-state index in [0.29, 0.717) is 0 Å². The molecule has 0 amide bonds. The molecule has 114 valence electrons. The largest absolute Gasteiger partial charge is 0.317 e. The van der Waals surface area contributed by atoms with Gasteiger partial charge in [0.2, 0.25) is 0 Å². The van der Waals surface area contributed by atoms with E-state index in [-0.39, 0.29) is 0 Å². The number of rotatable bonds is 11. The zero-order chi connectivity index (χ0) is 14.1. The maximum absolute atomic E-state index is 3.51. The number of hydrogen-bond donors (Lipinski definition) is 1. The summed E-state index contributed by atoms with van der Waals surface area (Å²) < 4.78 is 0. The van der Waals surface area contributed by atoms with Crippen molar-refractivity contribution >= 4 is 0 Å². The monoisotopic (exact) mass is 267 g/mol. The molecule has 1 fully saturated rings. The van der Waals surface area contributed by atoms with Gasteiger partial charge < -0.3 is 5.32 Å². The standard InChI is InChI=1S/C18H37N/c1-5-8-9-16(12-13-19-7-3)14-17-10-11-18(17)15(4)6-2/h15-19H,5-14H2,1-4H3. The highest BCUT2D eigenvalue weighted by Gasteiger charge is 2.35. The van der Waals surface area contributed by atoms with Gasteiger partial charge in [0, 0.05) is 0 Å². The Hall–Kier alpha value is -0.0400. The highest BCUT2D eigenvalue weighted by Crippen LogP contribution is 2.45. The van der Waals surface area contributed by atoms with Crippen LogP contribution in [0.25, 0.3) is 0 Å². The molecule has 0 aromatic carbocycles. The Morgan fingerprint density at radius 1 is 1.11 bits per heavy atom. The van der Waals surface area contributed by atoms with Gasteiger partial charge in [0.25, 0.3) is 0 Å². The summed E-state index contributed by atoms with van der Waals surface area (Å²) in [7, 11) is 0. The molecule has 0 aliphatic heterocycles. The second kappa shape index (κ2) is 9.80. The third-order valence-corrected chi connectivity index (χ3v) is 5.43. The normalized spacial score (nSPS) is 25.9. The Kier molecular flexibility index (Phi) is 8.77. The van der Waals surface area contributed by atoms with Gasteiger partial charge >= 0.3 is 0 Å². The molecule has 4 unspecified atom stereocenters. The maximum Gasteiger partial charge on any atom is -0.00464 e. The zero-order valence-electron chi connectivity index (χ0n) is 13.9. The summed E-state index contributed by atoms with van der Waals surface area (Å²) in [6.45, 7) is 11.7. The molecule has 0 bridgehead atoms. The minimum atomic E-state index is 0.958. The molecular formula is C18H37N. The molecular weight excluding hydrogens is 230 g/mol. The van der Waals surface area contributed by atoms with Crippen LogP contribution in [0.2, 0.25) is 0 Å². The Bertz CT molecular complexity index is 214. The van der Waals surface area contributed by atoms with Crippen molar-refractivity contribution in [1.82, 2.24) is 5.32 Å². The van der Waals surface area contributed by atoms with Crippen molar-refractivity contribution in [3.8, 4) is 0 Å². The second-order valence-electron chi connectivity index (χ2n) is 6.77. The predicted molar refractivity (Wildman–Crippen MR) is 86.5 cm³/mol. The molecule has 1 aliphatic carbocycles. The van der Waals surface area contributed by atoms with E-state index in [1.807, 2.05) is 0 Å². The van der Waals surface area contributed by atoms with Crippen molar-refractivity contribution < 1.29 is 0 Å². The first kappa shape index (κ1) is 17.0. The minimum absolute atomic E-state index is 0.958. The van der Waals surface area contributed by atoms with E-state index >= 15 is 0 Å². The van der Waals surface area contributed by atoms with Crippen LogP contribution in [-0.2, 0) is 0 Å². The van der Waals surface area contributed by atoms with E-state index in [9.17, 15) is 0 Å². The van der Waals surface area contributed by atoms with E-state index in [2.05, 4.69) is 33.0 Å². The molecule has 0 spiro atoms. The zero-order valence-corrected chi connectivity index (χ0v) is 13.9. The lowest BCUT2D eigenvalue weighted by atomic mass is 9.63. The quantitative estimate of drug-likeness (QED) is 0.504. The van der Waals surface area contributed by atoms with Crippen LogP contribution >= 0.6 is 0 Å². The van der Waals surface area contributed by atoms with Gasteiger partial charge in [-0.2, -0.15) is 0 Å². The molecule has 0 aromatic heterocycles. The summed E-state index contributed by atoms with van der Waals surface area (Å²) in [5, 5.41) is 3.51. The van der Waals surface area contributed by atoms with Crippen molar-refractivity contribution in [2.24, 2.45) is 23.7 Å². The maximum atomic E-state index is 3.51. The Balaban J connectivity index is 2.33. The molecule has 4 atom stereocenters. The fraction of sp³-hybridized carbons (Fsp3) is 1.00. The molecule has 1 rings (SSSR count). The van der Waals surface area contributed by atoms with E-state index in [1.54, 1.807) is 0 Å². The fourth-order valence-electron chi connectivity index (χ4n) is 3.72. The lowest BCUT2D eigenvalue weighted by Crippen LogP contribution is -2.33. The molecule has 0 saturated heterocycles. The van der Waals surface area contributed by atoms with Crippen molar-refractivity contribution in [1.29, 1.82) is 0 Å². The molecule has 0 radical (unpaired) electrons. The van der Waals surface area contributed by atoms with Crippen LogP contribution in [0.1, 0.15) is 79.1 Å². The van der Waals surface area contributed by atoms with Crippen molar-refractivity contribution in [3.63, 3.8) is 0 Å². The van der Waals surface area contributed by atoms with Gasteiger partial charge in [0.1, 0.15) is 0 Å². The summed E-state index contributed by atoms with van der Waals surface area (Å²) in [4.78, 5) is 0. The lowest BCUT2D eigenvalue weighted by molar-refractivity contribution is 0.0822. The summed E-state index contributed by atoms with van der Waals surface area (Å²) in [6.07, 6.45) is 11.6. The first-order valence-electron chi connectivity index (χ1n) is 8.93. The van der Waals surface area contributed by atoms with Crippen LogP contribution < -0.4 is 5.32 Å². The molecule has 1 N–H and O–H groups in total. The van der Waals surface area contributed by atoms with Crippen LogP contribution in [0.5, 0.6) is 0 Å². The van der Waals surface area contributed by atoms with Gasteiger partial charge in [0.15, 0.2) is 0 Å².